The molecule has 6 nitrogen and oxygen atoms in total. The monoisotopic (exact) mass is 185 g/mol. The molecule has 0 saturated carbocycles. The van der Waals surface area contributed by atoms with Gasteiger partial charge in [-0.3, -0.25) is 4.79 Å². The van der Waals surface area contributed by atoms with Crippen LogP contribution in [0.2, 0.25) is 0 Å². The second kappa shape index (κ2) is 4.56. The lowest BCUT2D eigenvalue weighted by Crippen LogP contribution is -2.07. The molecule has 0 saturated heterocycles. The van der Waals surface area contributed by atoms with E-state index in [9.17, 15) is 4.79 Å². The number of hydrogen-bond donors (Lipinski definition) is 1. The second-order valence-electron chi connectivity index (χ2n) is 2.52. The molecule has 1 N–H and O–H groups in total. The lowest BCUT2D eigenvalue weighted by molar-refractivity contribution is -0.137. The Morgan fingerprint density at radius 3 is 3.15 bits per heavy atom. The lowest BCUT2D eigenvalue weighted by atomic mass is 10.4. The van der Waals surface area contributed by atoms with E-state index in [4.69, 9.17) is 9.84 Å². The van der Waals surface area contributed by atoms with E-state index in [1.165, 1.54) is 6.33 Å². The van der Waals surface area contributed by atoms with Crippen molar-refractivity contribution in [1.82, 2.24) is 14.8 Å². The van der Waals surface area contributed by atoms with Crippen LogP contribution in [0.5, 0.6) is 0 Å². The van der Waals surface area contributed by atoms with Crippen molar-refractivity contribution < 1.29 is 14.6 Å². The van der Waals surface area contributed by atoms with E-state index in [0.717, 1.165) is 0 Å². The van der Waals surface area contributed by atoms with Crippen LogP contribution in [0.3, 0.4) is 0 Å². The molecular formula is C7H11N3O3. The van der Waals surface area contributed by atoms with Gasteiger partial charge in [-0.25, -0.2) is 0 Å². The van der Waals surface area contributed by atoms with Crippen molar-refractivity contribution in [2.75, 3.05) is 7.11 Å². The third-order valence-corrected chi connectivity index (χ3v) is 1.54. The van der Waals surface area contributed by atoms with Gasteiger partial charge in [-0.05, 0) is 0 Å². The summed E-state index contributed by atoms with van der Waals surface area (Å²) in [6.45, 7) is 0.723. The van der Waals surface area contributed by atoms with Crippen LogP contribution in [0.15, 0.2) is 6.33 Å². The van der Waals surface area contributed by atoms with Gasteiger partial charge in [0.2, 0.25) is 0 Å². The Balaban J connectivity index is 2.54. The third kappa shape index (κ3) is 2.83. The average molecular weight is 185 g/mol. The summed E-state index contributed by atoms with van der Waals surface area (Å²) in [5.41, 5.74) is 0. The fourth-order valence-corrected chi connectivity index (χ4v) is 0.923. The van der Waals surface area contributed by atoms with Crippen LogP contribution in [0.25, 0.3) is 0 Å². The van der Waals surface area contributed by atoms with Crippen LogP contribution >= 0.6 is 0 Å². The smallest absolute Gasteiger partial charge is 0.305 e. The molecule has 0 aliphatic carbocycles. The molecule has 6 heteroatoms. The van der Waals surface area contributed by atoms with E-state index in [1.54, 1.807) is 11.7 Å². The zero-order valence-electron chi connectivity index (χ0n) is 7.30. The van der Waals surface area contributed by atoms with Crippen LogP contribution in [0.4, 0.5) is 0 Å². The van der Waals surface area contributed by atoms with Crippen LogP contribution in [0.1, 0.15) is 12.2 Å². The highest BCUT2D eigenvalue weighted by molar-refractivity contribution is 5.66. The number of methoxy groups -OCH3 is 1. The van der Waals surface area contributed by atoms with E-state index in [1.807, 2.05) is 0 Å². The Hall–Kier alpha value is -1.43. The molecule has 0 atom stereocenters. The maximum absolute atomic E-state index is 10.3. The summed E-state index contributed by atoms with van der Waals surface area (Å²) in [4.78, 5) is 10.3. The predicted octanol–water partition coefficient (Wildman–Crippen LogP) is -0.101. The summed E-state index contributed by atoms with van der Waals surface area (Å²) in [6.07, 6.45) is 1.56. The molecule has 1 rings (SSSR count). The largest absolute Gasteiger partial charge is 0.481 e. The van der Waals surface area contributed by atoms with Gasteiger partial charge in [0.15, 0.2) is 5.82 Å². The molecule has 0 bridgehead atoms. The summed E-state index contributed by atoms with van der Waals surface area (Å²) >= 11 is 0. The molecule has 0 radical (unpaired) electrons. The van der Waals surface area contributed by atoms with Gasteiger partial charge in [0.05, 0.1) is 6.42 Å². The minimum Gasteiger partial charge on any atom is -0.481 e. The number of nitrogens with zero attached hydrogens (tertiary/aromatic N) is 3. The van der Waals surface area contributed by atoms with Gasteiger partial charge in [-0.1, -0.05) is 0 Å². The van der Waals surface area contributed by atoms with Gasteiger partial charge in [0, 0.05) is 13.7 Å². The van der Waals surface area contributed by atoms with E-state index in [2.05, 4.69) is 10.2 Å². The van der Waals surface area contributed by atoms with Gasteiger partial charge in [0.1, 0.15) is 12.9 Å². The summed E-state index contributed by atoms with van der Waals surface area (Å²) in [5.74, 6) is -0.194. The first kappa shape index (κ1) is 9.66. The number of hydrogen-bond acceptors (Lipinski definition) is 4. The van der Waals surface area contributed by atoms with Crippen molar-refractivity contribution >= 4 is 5.97 Å². The molecule has 13 heavy (non-hydrogen) atoms. The normalized spacial score (nSPS) is 10.2. The summed E-state index contributed by atoms with van der Waals surface area (Å²) in [5, 5.41) is 15.9. The van der Waals surface area contributed by atoms with E-state index >= 15 is 0 Å². The van der Waals surface area contributed by atoms with Crippen LogP contribution in [-0.4, -0.2) is 33.0 Å². The second-order valence-corrected chi connectivity index (χ2v) is 2.52. The molecule has 0 aliphatic heterocycles. The Morgan fingerprint density at radius 1 is 1.77 bits per heavy atom. The van der Waals surface area contributed by atoms with Crippen molar-refractivity contribution in [2.45, 2.75) is 19.6 Å². The fraction of sp³-hybridized carbons (Fsp3) is 0.571. The van der Waals surface area contributed by atoms with Gasteiger partial charge in [-0.2, -0.15) is 0 Å². The quantitative estimate of drug-likeness (QED) is 0.693. The van der Waals surface area contributed by atoms with Gasteiger partial charge in [0.25, 0.3) is 0 Å². The summed E-state index contributed by atoms with van der Waals surface area (Å²) in [6, 6.07) is 0. The van der Waals surface area contributed by atoms with Crippen molar-refractivity contribution in [3.63, 3.8) is 0 Å². The average Bonchev–Trinajstić information content (AvgIpc) is 2.49. The number of carboxylic acid groups (broad SMARTS) is 1. The Bertz CT molecular complexity index is 284. The van der Waals surface area contributed by atoms with E-state index in [-0.39, 0.29) is 6.42 Å². The zero-order chi connectivity index (χ0) is 9.68. The number of ether oxygens (including phenoxy) is 1. The highest BCUT2D eigenvalue weighted by Crippen LogP contribution is 1.98. The van der Waals surface area contributed by atoms with Crippen molar-refractivity contribution in [2.24, 2.45) is 0 Å². The molecule has 1 heterocycles. The molecule has 0 aliphatic rings. The van der Waals surface area contributed by atoms with Crippen LogP contribution in [-0.2, 0) is 22.7 Å². The van der Waals surface area contributed by atoms with Crippen molar-refractivity contribution in [3.8, 4) is 0 Å². The number of aryl methyl sites for hydroxylation is 1. The fourth-order valence-electron chi connectivity index (χ4n) is 0.923. The number of rotatable bonds is 5. The molecule has 0 spiro atoms. The standard InChI is InChI=1S/C7H11N3O3/c1-13-4-6-9-8-5-10(6)3-2-7(11)12/h5H,2-4H2,1H3,(H,11,12). The van der Waals surface area contributed by atoms with Crippen molar-refractivity contribution in [3.05, 3.63) is 12.2 Å². The van der Waals surface area contributed by atoms with Gasteiger partial charge < -0.3 is 14.4 Å². The third-order valence-electron chi connectivity index (χ3n) is 1.54. The zero-order valence-corrected chi connectivity index (χ0v) is 7.30. The van der Waals surface area contributed by atoms with E-state index in [0.29, 0.717) is 19.0 Å². The maximum atomic E-state index is 10.3. The SMILES string of the molecule is COCc1nncn1CCC(=O)O. The first-order valence-corrected chi connectivity index (χ1v) is 3.81. The highest BCUT2D eigenvalue weighted by Gasteiger charge is 2.04. The molecule has 1 aromatic rings. The minimum atomic E-state index is -0.836. The Kier molecular flexibility index (Phi) is 3.39. The van der Waals surface area contributed by atoms with Gasteiger partial charge >= 0.3 is 5.97 Å². The summed E-state index contributed by atoms with van der Waals surface area (Å²) < 4.78 is 6.53. The highest BCUT2D eigenvalue weighted by atomic mass is 16.5. The first-order chi connectivity index (χ1) is 6.24. The predicted molar refractivity (Wildman–Crippen MR) is 43.0 cm³/mol. The molecule has 0 unspecified atom stereocenters. The molecule has 0 amide bonds. The molecule has 0 aromatic carbocycles. The lowest BCUT2D eigenvalue weighted by Gasteiger charge is -2.02. The number of carboxylic acids is 1. The molecule has 72 valence electrons. The van der Waals surface area contributed by atoms with Crippen molar-refractivity contribution in [1.29, 1.82) is 0 Å². The Labute approximate surface area is 75.2 Å². The summed E-state index contributed by atoms with van der Waals surface area (Å²) in [7, 11) is 1.55. The topological polar surface area (TPSA) is 77.2 Å². The van der Waals surface area contributed by atoms with Crippen LogP contribution < -0.4 is 0 Å². The molecular weight excluding hydrogens is 174 g/mol. The number of aliphatic carboxylic acids is 1. The van der Waals surface area contributed by atoms with Crippen LogP contribution in [0, 0.1) is 0 Å². The van der Waals surface area contributed by atoms with E-state index < -0.39 is 5.97 Å². The molecule has 1 aromatic heterocycles. The molecule has 0 fully saturated rings. The number of carbonyl (C=O) groups is 1. The first-order valence-electron chi connectivity index (χ1n) is 3.81. The number of aromatic nitrogens is 3. The van der Waals surface area contributed by atoms with Gasteiger partial charge in [-0.15, -0.1) is 10.2 Å². The maximum Gasteiger partial charge on any atom is 0.305 e. The Morgan fingerprint density at radius 2 is 2.54 bits per heavy atom. The minimum absolute atomic E-state index is 0.0642.